The Morgan fingerprint density at radius 2 is 1.75 bits per heavy atom. The number of aromatic hydroxyl groups is 1. The predicted octanol–water partition coefficient (Wildman–Crippen LogP) is 2.48. The monoisotopic (exact) mass is 556 g/mol. The van der Waals surface area contributed by atoms with Crippen molar-refractivity contribution < 1.29 is 48.9 Å². The summed E-state index contributed by atoms with van der Waals surface area (Å²) in [4.78, 5) is 12.5. The average Bonchev–Trinajstić information content (AvgIpc) is 3.29. The first-order chi connectivity index (χ1) is 19.3. The van der Waals surface area contributed by atoms with E-state index in [9.17, 15) is 20.1 Å². The van der Waals surface area contributed by atoms with Crippen molar-refractivity contribution in [3.05, 3.63) is 71.5 Å². The third kappa shape index (κ3) is 5.53. The van der Waals surface area contributed by atoms with Crippen LogP contribution in [0, 0.1) is 11.3 Å². The van der Waals surface area contributed by atoms with Gasteiger partial charge < -0.3 is 44.1 Å². The summed E-state index contributed by atoms with van der Waals surface area (Å²) in [6, 6.07) is 10.2. The summed E-state index contributed by atoms with van der Waals surface area (Å²) in [5.74, 6) is 0.130. The number of ketones is 1. The zero-order chi connectivity index (χ0) is 28.9. The number of carbonyl (C=O) groups excluding carboxylic acids is 1. The molecule has 5 atom stereocenters. The number of hydrogen-bond acceptors (Lipinski definition) is 10. The Morgan fingerprint density at radius 3 is 2.40 bits per heavy atom. The van der Waals surface area contributed by atoms with Gasteiger partial charge in [0.1, 0.15) is 12.2 Å². The van der Waals surface area contributed by atoms with Gasteiger partial charge in [-0.05, 0) is 60.4 Å². The molecule has 2 aromatic rings. The number of ether oxygens (including phenoxy) is 5. The summed E-state index contributed by atoms with van der Waals surface area (Å²) in [5.41, 5.74) is 0.470. The van der Waals surface area contributed by atoms with Crippen LogP contribution in [0.25, 0.3) is 0 Å². The number of methoxy groups -OCH3 is 3. The number of aliphatic hydroxyl groups is 3. The van der Waals surface area contributed by atoms with Crippen LogP contribution in [-0.2, 0) is 20.7 Å². The normalized spacial score (nSPS) is 24.6. The summed E-state index contributed by atoms with van der Waals surface area (Å²) in [5, 5.41) is 40.5. The summed E-state index contributed by atoms with van der Waals surface area (Å²) in [6.45, 7) is -0.720. The minimum Gasteiger partial charge on any atom is -0.504 e. The Morgan fingerprint density at radius 1 is 0.975 bits per heavy atom. The number of rotatable bonds is 12. The van der Waals surface area contributed by atoms with Crippen molar-refractivity contribution in [1.82, 2.24) is 0 Å². The van der Waals surface area contributed by atoms with E-state index in [1.807, 2.05) is 12.1 Å². The van der Waals surface area contributed by atoms with Gasteiger partial charge >= 0.3 is 0 Å². The van der Waals surface area contributed by atoms with Crippen molar-refractivity contribution in [2.45, 2.75) is 31.2 Å². The SMILES string of the molecule is COC1=C[C@@]2(C=CC1=O)[C@@H](C(CO)Oc1ccc(CCCO)cc1OC)O[C@H](c1ccc(O)c(OC)c1)[C@H]2CO. The van der Waals surface area contributed by atoms with E-state index < -0.39 is 36.3 Å². The van der Waals surface area contributed by atoms with Crippen LogP contribution in [0.2, 0.25) is 0 Å². The maximum atomic E-state index is 12.5. The van der Waals surface area contributed by atoms with Gasteiger partial charge in [-0.3, -0.25) is 4.79 Å². The molecule has 1 aliphatic carbocycles. The lowest BCUT2D eigenvalue weighted by atomic mass is 9.67. The van der Waals surface area contributed by atoms with E-state index in [4.69, 9.17) is 28.8 Å². The highest BCUT2D eigenvalue weighted by molar-refractivity contribution is 6.03. The molecular weight excluding hydrogens is 520 g/mol. The van der Waals surface area contributed by atoms with Crippen molar-refractivity contribution in [1.29, 1.82) is 0 Å². The molecule has 1 aliphatic heterocycles. The Kier molecular flexibility index (Phi) is 9.36. The third-order valence-electron chi connectivity index (χ3n) is 7.54. The lowest BCUT2D eigenvalue weighted by Gasteiger charge is -2.38. The topological polar surface area (TPSA) is 144 Å². The summed E-state index contributed by atoms with van der Waals surface area (Å²) < 4.78 is 29.1. The average molecular weight is 557 g/mol. The largest absolute Gasteiger partial charge is 0.504 e. The molecule has 1 spiro atoms. The van der Waals surface area contributed by atoms with Crippen LogP contribution in [0.5, 0.6) is 23.0 Å². The lowest BCUT2D eigenvalue weighted by molar-refractivity contribution is -0.114. The Balaban J connectivity index is 1.77. The predicted molar refractivity (Wildman–Crippen MR) is 144 cm³/mol. The molecule has 1 fully saturated rings. The smallest absolute Gasteiger partial charge is 0.219 e. The second-order valence-corrected chi connectivity index (χ2v) is 9.76. The van der Waals surface area contributed by atoms with Gasteiger partial charge in [0.05, 0.1) is 34.0 Å². The molecule has 216 valence electrons. The highest BCUT2D eigenvalue weighted by Crippen LogP contribution is 2.56. The third-order valence-corrected chi connectivity index (χ3v) is 7.54. The van der Waals surface area contributed by atoms with Gasteiger partial charge in [-0.1, -0.05) is 18.2 Å². The van der Waals surface area contributed by atoms with E-state index in [0.29, 0.717) is 29.9 Å². The van der Waals surface area contributed by atoms with Crippen LogP contribution >= 0.6 is 0 Å². The molecule has 0 aromatic heterocycles. The maximum Gasteiger partial charge on any atom is 0.219 e. The second-order valence-electron chi connectivity index (χ2n) is 9.76. The molecule has 0 bridgehead atoms. The highest BCUT2D eigenvalue weighted by Gasteiger charge is 2.58. The van der Waals surface area contributed by atoms with Gasteiger partial charge in [0.2, 0.25) is 5.78 Å². The molecule has 2 aromatic carbocycles. The molecule has 4 rings (SSSR count). The van der Waals surface area contributed by atoms with Gasteiger partial charge in [0, 0.05) is 24.5 Å². The number of benzene rings is 2. The van der Waals surface area contributed by atoms with E-state index in [2.05, 4.69) is 0 Å². The van der Waals surface area contributed by atoms with Gasteiger partial charge in [0.15, 0.2) is 28.8 Å². The minimum atomic E-state index is -1.11. The van der Waals surface area contributed by atoms with E-state index in [1.165, 1.54) is 33.5 Å². The fourth-order valence-corrected chi connectivity index (χ4v) is 5.51. The number of phenolic OH excluding ortho intramolecular Hbond substituents is 1. The molecule has 10 heteroatoms. The minimum absolute atomic E-state index is 0.0492. The van der Waals surface area contributed by atoms with Crippen molar-refractivity contribution in [3.63, 3.8) is 0 Å². The van der Waals surface area contributed by atoms with Crippen molar-refractivity contribution in [2.24, 2.45) is 11.3 Å². The quantitative estimate of drug-likeness (QED) is 0.308. The van der Waals surface area contributed by atoms with Crippen LogP contribution in [0.1, 0.15) is 23.7 Å². The number of phenols is 1. The zero-order valence-corrected chi connectivity index (χ0v) is 22.8. The van der Waals surface area contributed by atoms with Crippen LogP contribution in [0.4, 0.5) is 0 Å². The van der Waals surface area contributed by atoms with Gasteiger partial charge in [-0.25, -0.2) is 0 Å². The van der Waals surface area contributed by atoms with E-state index in [1.54, 1.807) is 30.4 Å². The first-order valence-electron chi connectivity index (χ1n) is 13.0. The van der Waals surface area contributed by atoms with Crippen LogP contribution in [-0.4, -0.2) is 79.6 Å². The summed E-state index contributed by atoms with van der Waals surface area (Å²) in [7, 11) is 4.34. The molecule has 0 saturated carbocycles. The number of hydrogen-bond donors (Lipinski definition) is 4. The standard InChI is InChI=1S/C30H36O10/c1-36-24-14-19(7-8-21(24)34)28-20(16-32)30(11-10-22(35)26(15-30)38-3)29(40-28)27(17-33)39-23-9-6-18(5-4-12-31)13-25(23)37-2/h6-11,13-15,20,27-29,31-34H,4-5,12,16-17H2,1-3H3/t20-,27?,28-,29-,30-/m1/s1. The first-order valence-corrected chi connectivity index (χ1v) is 13.0. The molecule has 40 heavy (non-hydrogen) atoms. The first kappa shape index (κ1) is 29.4. The molecule has 4 N–H and O–H groups in total. The second kappa shape index (κ2) is 12.7. The van der Waals surface area contributed by atoms with Crippen LogP contribution < -0.4 is 14.2 Å². The number of aryl methyl sites for hydroxylation is 1. The summed E-state index contributed by atoms with van der Waals surface area (Å²) in [6.07, 6.45) is 3.37. The summed E-state index contributed by atoms with van der Waals surface area (Å²) >= 11 is 0. The van der Waals surface area contributed by atoms with E-state index in [-0.39, 0.29) is 36.3 Å². The molecule has 2 aliphatic rings. The number of allylic oxidation sites excluding steroid dienone is 1. The zero-order valence-electron chi connectivity index (χ0n) is 22.8. The lowest BCUT2D eigenvalue weighted by Crippen LogP contribution is -2.47. The van der Waals surface area contributed by atoms with Crippen molar-refractivity contribution in [3.8, 4) is 23.0 Å². The number of carbonyl (C=O) groups is 1. The molecule has 0 radical (unpaired) electrons. The highest BCUT2D eigenvalue weighted by atomic mass is 16.6. The molecular formula is C30H36O10. The van der Waals surface area contributed by atoms with Crippen molar-refractivity contribution in [2.75, 3.05) is 41.2 Å². The Hall–Kier alpha value is -3.57. The molecule has 1 saturated heterocycles. The van der Waals surface area contributed by atoms with Crippen molar-refractivity contribution >= 4 is 5.78 Å². The van der Waals surface area contributed by atoms with Gasteiger partial charge in [-0.2, -0.15) is 0 Å². The molecule has 0 amide bonds. The van der Waals surface area contributed by atoms with E-state index in [0.717, 1.165) is 5.56 Å². The van der Waals surface area contributed by atoms with E-state index >= 15 is 0 Å². The number of aliphatic hydroxyl groups excluding tert-OH is 3. The maximum absolute atomic E-state index is 12.5. The Bertz CT molecular complexity index is 1260. The fourth-order valence-electron chi connectivity index (χ4n) is 5.51. The molecule has 1 unspecified atom stereocenters. The van der Waals surface area contributed by atoms with Crippen LogP contribution in [0.3, 0.4) is 0 Å². The molecule has 10 nitrogen and oxygen atoms in total. The van der Waals surface area contributed by atoms with Crippen LogP contribution in [0.15, 0.2) is 60.4 Å². The Labute approximate surface area is 233 Å². The fraction of sp³-hybridized carbons (Fsp3) is 0.433. The van der Waals surface area contributed by atoms with Gasteiger partial charge in [0.25, 0.3) is 0 Å². The van der Waals surface area contributed by atoms with Gasteiger partial charge in [-0.15, -0.1) is 0 Å². The molecule has 1 heterocycles.